The highest BCUT2D eigenvalue weighted by atomic mass is 16.5. The lowest BCUT2D eigenvalue weighted by atomic mass is 9.72. The number of esters is 1. The molecule has 2 aliphatic carbocycles. The molecule has 0 unspecified atom stereocenters. The highest BCUT2D eigenvalue weighted by Gasteiger charge is 2.52. The van der Waals surface area contributed by atoms with E-state index in [1.165, 1.54) is 5.57 Å². The van der Waals surface area contributed by atoms with Gasteiger partial charge in [0.15, 0.2) is 0 Å². The third-order valence-corrected chi connectivity index (χ3v) is 5.13. The van der Waals surface area contributed by atoms with E-state index < -0.39 is 0 Å². The van der Waals surface area contributed by atoms with Crippen molar-refractivity contribution in [3.63, 3.8) is 0 Å². The lowest BCUT2D eigenvalue weighted by Crippen LogP contribution is -2.26. The second-order valence-electron chi connectivity index (χ2n) is 7.46. The molecule has 0 amide bonds. The topological polar surface area (TPSA) is 46.5 Å². The Morgan fingerprint density at radius 3 is 2.62 bits per heavy atom. The number of hydrogen-bond acceptors (Lipinski definition) is 3. The molecule has 0 saturated heterocycles. The number of carbonyl (C=O) groups is 1. The molecule has 0 bridgehead atoms. The number of fused-ring (bicyclic) bond motifs is 1. The number of aliphatic hydroxyl groups excluding tert-OH is 1. The Bertz CT molecular complexity index is 487. The highest BCUT2D eigenvalue weighted by molar-refractivity contribution is 5.73. The monoisotopic (exact) mass is 292 g/mol. The van der Waals surface area contributed by atoms with Crippen molar-refractivity contribution in [3.05, 3.63) is 23.3 Å². The van der Waals surface area contributed by atoms with Crippen molar-refractivity contribution in [2.45, 2.75) is 47.5 Å². The minimum atomic E-state index is -0.227. The van der Waals surface area contributed by atoms with Crippen LogP contribution in [0.3, 0.4) is 0 Å². The number of ether oxygens (including phenoxy) is 1. The Morgan fingerprint density at radius 2 is 2.05 bits per heavy atom. The fraction of sp³-hybridized carbons (Fsp3) is 0.722. The van der Waals surface area contributed by atoms with Crippen LogP contribution >= 0.6 is 0 Å². The Morgan fingerprint density at radius 1 is 1.38 bits per heavy atom. The van der Waals surface area contributed by atoms with E-state index in [4.69, 9.17) is 4.74 Å². The zero-order valence-corrected chi connectivity index (χ0v) is 13.9. The van der Waals surface area contributed by atoms with Gasteiger partial charge in [-0.15, -0.1) is 0 Å². The largest absolute Gasteiger partial charge is 0.466 e. The Kier molecular flexibility index (Phi) is 4.34. The zero-order valence-electron chi connectivity index (χ0n) is 13.9. The number of hydrogen-bond donors (Lipinski definition) is 1. The predicted molar refractivity (Wildman–Crippen MR) is 83.7 cm³/mol. The van der Waals surface area contributed by atoms with E-state index in [2.05, 4.69) is 39.8 Å². The standard InChI is InChI=1S/C18H28O3/c1-6-21-15(20)9-13-12(2)7-8-14-16(13)18(5,11-19)10-17(14,3)4/h7-8,12,14,19H,6,9-11H2,1-5H3/t12-,14-,18-/m1/s1. The fourth-order valence-electron chi connectivity index (χ4n) is 4.33. The molecule has 3 nitrogen and oxygen atoms in total. The SMILES string of the molecule is CCOC(=O)CC1=C2[C@@H](C=C[C@H]1C)C(C)(C)C[C@]2(C)CO. The zero-order chi connectivity index (χ0) is 15.8. The van der Waals surface area contributed by atoms with Crippen LogP contribution in [0.15, 0.2) is 23.3 Å². The predicted octanol–water partition coefficient (Wildman–Crippen LogP) is 3.49. The van der Waals surface area contributed by atoms with Crippen LogP contribution < -0.4 is 0 Å². The number of allylic oxidation sites excluding steroid dienone is 2. The molecule has 2 aliphatic rings. The van der Waals surface area contributed by atoms with Crippen molar-refractivity contribution in [2.24, 2.45) is 22.7 Å². The molecule has 3 atom stereocenters. The van der Waals surface area contributed by atoms with Crippen LogP contribution in [-0.4, -0.2) is 24.3 Å². The molecule has 2 rings (SSSR count). The first-order valence-electron chi connectivity index (χ1n) is 7.93. The summed E-state index contributed by atoms with van der Waals surface area (Å²) in [5.41, 5.74) is 2.32. The molecule has 1 N–H and O–H groups in total. The molecule has 0 aromatic carbocycles. The summed E-state index contributed by atoms with van der Waals surface area (Å²) in [5, 5.41) is 9.96. The average molecular weight is 292 g/mol. The molecule has 21 heavy (non-hydrogen) atoms. The van der Waals surface area contributed by atoms with Crippen molar-refractivity contribution < 1.29 is 14.6 Å². The normalized spacial score (nSPS) is 34.0. The number of rotatable bonds is 4. The van der Waals surface area contributed by atoms with Crippen molar-refractivity contribution in [2.75, 3.05) is 13.2 Å². The van der Waals surface area contributed by atoms with Gasteiger partial charge in [0.05, 0.1) is 19.6 Å². The summed E-state index contributed by atoms with van der Waals surface area (Å²) in [6, 6.07) is 0. The number of aliphatic hydroxyl groups is 1. The molecular formula is C18H28O3. The van der Waals surface area contributed by atoms with Crippen molar-refractivity contribution in [1.29, 1.82) is 0 Å². The van der Waals surface area contributed by atoms with Crippen LogP contribution in [0.4, 0.5) is 0 Å². The maximum absolute atomic E-state index is 12.0. The summed E-state index contributed by atoms with van der Waals surface area (Å²) < 4.78 is 5.14. The molecule has 0 aliphatic heterocycles. The fourth-order valence-corrected chi connectivity index (χ4v) is 4.33. The van der Waals surface area contributed by atoms with E-state index in [1.807, 2.05) is 6.92 Å². The Balaban J connectivity index is 2.46. The second-order valence-corrected chi connectivity index (χ2v) is 7.46. The molecular weight excluding hydrogens is 264 g/mol. The van der Waals surface area contributed by atoms with E-state index >= 15 is 0 Å². The van der Waals surface area contributed by atoms with E-state index in [9.17, 15) is 9.90 Å². The lowest BCUT2D eigenvalue weighted by Gasteiger charge is -2.33. The van der Waals surface area contributed by atoms with Gasteiger partial charge in [-0.1, -0.05) is 51.0 Å². The molecule has 1 fully saturated rings. The van der Waals surface area contributed by atoms with Gasteiger partial charge in [-0.3, -0.25) is 4.79 Å². The first-order valence-corrected chi connectivity index (χ1v) is 7.93. The first kappa shape index (κ1) is 16.3. The summed E-state index contributed by atoms with van der Waals surface area (Å²) in [6.45, 7) is 11.1. The minimum absolute atomic E-state index is 0.114. The highest BCUT2D eigenvalue weighted by Crippen LogP contribution is 2.60. The van der Waals surface area contributed by atoms with Crippen LogP contribution in [0.5, 0.6) is 0 Å². The smallest absolute Gasteiger partial charge is 0.309 e. The van der Waals surface area contributed by atoms with Crippen LogP contribution in [0.25, 0.3) is 0 Å². The van der Waals surface area contributed by atoms with Gasteiger partial charge in [0.2, 0.25) is 0 Å². The van der Waals surface area contributed by atoms with Gasteiger partial charge >= 0.3 is 5.97 Å². The van der Waals surface area contributed by atoms with Gasteiger partial charge in [0, 0.05) is 11.3 Å². The molecule has 0 spiro atoms. The van der Waals surface area contributed by atoms with E-state index in [0.29, 0.717) is 18.9 Å². The van der Waals surface area contributed by atoms with E-state index in [0.717, 1.165) is 12.0 Å². The van der Waals surface area contributed by atoms with Crippen molar-refractivity contribution in [1.82, 2.24) is 0 Å². The molecule has 0 aromatic rings. The van der Waals surface area contributed by atoms with Crippen molar-refractivity contribution >= 4 is 5.97 Å². The van der Waals surface area contributed by atoms with Crippen LogP contribution in [0.2, 0.25) is 0 Å². The second kappa shape index (κ2) is 5.60. The van der Waals surface area contributed by atoms with Gasteiger partial charge in [0.25, 0.3) is 0 Å². The van der Waals surface area contributed by atoms with Gasteiger partial charge in [-0.25, -0.2) is 0 Å². The third kappa shape index (κ3) is 2.80. The Labute approximate surface area is 128 Å². The number of carbonyl (C=O) groups excluding carboxylic acids is 1. The van der Waals surface area contributed by atoms with Crippen molar-refractivity contribution in [3.8, 4) is 0 Å². The minimum Gasteiger partial charge on any atom is -0.466 e. The van der Waals surface area contributed by atoms with Gasteiger partial charge in [-0.05, 0) is 24.7 Å². The quantitative estimate of drug-likeness (QED) is 0.637. The summed E-state index contributed by atoms with van der Waals surface area (Å²) in [7, 11) is 0. The van der Waals surface area contributed by atoms with E-state index in [-0.39, 0.29) is 29.3 Å². The first-order chi connectivity index (χ1) is 9.75. The molecule has 0 radical (unpaired) electrons. The summed E-state index contributed by atoms with van der Waals surface area (Å²) in [5.74, 6) is 0.390. The Hall–Kier alpha value is -1.09. The molecule has 3 heteroatoms. The molecule has 118 valence electrons. The van der Waals surface area contributed by atoms with Crippen LogP contribution in [0.1, 0.15) is 47.5 Å². The third-order valence-electron chi connectivity index (χ3n) is 5.13. The van der Waals surface area contributed by atoms with Gasteiger partial charge in [-0.2, -0.15) is 0 Å². The summed E-state index contributed by atoms with van der Waals surface area (Å²) in [6.07, 6.45) is 5.76. The van der Waals surface area contributed by atoms with Crippen LogP contribution in [0, 0.1) is 22.7 Å². The lowest BCUT2D eigenvalue weighted by molar-refractivity contribution is -0.142. The summed E-state index contributed by atoms with van der Waals surface area (Å²) in [4.78, 5) is 12.0. The maximum atomic E-state index is 12.0. The summed E-state index contributed by atoms with van der Waals surface area (Å²) >= 11 is 0. The van der Waals surface area contributed by atoms with Gasteiger partial charge in [0.1, 0.15) is 0 Å². The maximum Gasteiger partial charge on any atom is 0.309 e. The molecule has 0 aromatic heterocycles. The molecule has 0 heterocycles. The molecule has 1 saturated carbocycles. The van der Waals surface area contributed by atoms with Crippen LogP contribution in [-0.2, 0) is 9.53 Å². The average Bonchev–Trinajstić information content (AvgIpc) is 2.61. The van der Waals surface area contributed by atoms with E-state index in [1.54, 1.807) is 0 Å². The van der Waals surface area contributed by atoms with Gasteiger partial charge < -0.3 is 9.84 Å².